The molecule has 0 aromatic carbocycles. The van der Waals surface area contributed by atoms with Crippen molar-refractivity contribution in [2.75, 3.05) is 0 Å². The maximum atomic E-state index is 5.82. The van der Waals surface area contributed by atoms with Gasteiger partial charge in [-0.3, -0.25) is 0 Å². The summed E-state index contributed by atoms with van der Waals surface area (Å²) in [7, 11) is 0. The van der Waals surface area contributed by atoms with E-state index in [1.165, 1.54) is 0 Å². The fourth-order valence-electron chi connectivity index (χ4n) is 1.32. The Hall–Kier alpha value is -1.16. The lowest BCUT2D eigenvalue weighted by Gasteiger charge is -2.01. The zero-order chi connectivity index (χ0) is 10.2. The highest BCUT2D eigenvalue weighted by Crippen LogP contribution is 2.46. The van der Waals surface area contributed by atoms with Gasteiger partial charge in [0.05, 0.1) is 6.04 Å². The maximum absolute atomic E-state index is 5.82. The molecule has 4 heteroatoms. The standard InChI is InChI=1S/C10H15N3O/c1-3-4-7(11)8-12-9(13-14-8)10(2)5-6-10/h3,7H,1,4-6,11H2,2H3. The first kappa shape index (κ1) is 9.40. The summed E-state index contributed by atoms with van der Waals surface area (Å²) in [5.74, 6) is 1.32. The lowest BCUT2D eigenvalue weighted by atomic mass is 10.1. The van der Waals surface area contributed by atoms with Gasteiger partial charge in [-0.15, -0.1) is 6.58 Å². The highest BCUT2D eigenvalue weighted by Gasteiger charge is 2.43. The van der Waals surface area contributed by atoms with Gasteiger partial charge in [0, 0.05) is 5.41 Å². The van der Waals surface area contributed by atoms with Crippen molar-refractivity contribution in [3.8, 4) is 0 Å². The third-order valence-electron chi connectivity index (χ3n) is 2.72. The van der Waals surface area contributed by atoms with E-state index in [0.29, 0.717) is 12.3 Å². The number of hydrogen-bond donors (Lipinski definition) is 1. The van der Waals surface area contributed by atoms with Gasteiger partial charge in [0.15, 0.2) is 5.82 Å². The molecule has 0 bridgehead atoms. The fraction of sp³-hybridized carbons (Fsp3) is 0.600. The van der Waals surface area contributed by atoms with Crippen LogP contribution in [0.4, 0.5) is 0 Å². The molecule has 0 saturated heterocycles. The van der Waals surface area contributed by atoms with Crippen LogP contribution in [-0.2, 0) is 5.41 Å². The lowest BCUT2D eigenvalue weighted by molar-refractivity contribution is 0.349. The summed E-state index contributed by atoms with van der Waals surface area (Å²) in [6, 6.07) is -0.212. The summed E-state index contributed by atoms with van der Waals surface area (Å²) < 4.78 is 5.11. The average molecular weight is 193 g/mol. The van der Waals surface area contributed by atoms with Crippen molar-refractivity contribution in [2.45, 2.75) is 37.6 Å². The van der Waals surface area contributed by atoms with Crippen molar-refractivity contribution in [3.63, 3.8) is 0 Å². The molecule has 0 spiro atoms. The average Bonchev–Trinajstić information content (AvgIpc) is 2.72. The molecule has 0 radical (unpaired) electrons. The first-order chi connectivity index (χ1) is 6.65. The Balaban J connectivity index is 2.13. The molecular formula is C10H15N3O. The van der Waals surface area contributed by atoms with E-state index in [1.54, 1.807) is 6.08 Å². The molecule has 4 nitrogen and oxygen atoms in total. The third kappa shape index (κ3) is 1.57. The summed E-state index contributed by atoms with van der Waals surface area (Å²) in [4.78, 5) is 4.31. The van der Waals surface area contributed by atoms with Gasteiger partial charge in [-0.25, -0.2) is 0 Å². The molecular weight excluding hydrogens is 178 g/mol. The Bertz CT molecular complexity index is 341. The Labute approximate surface area is 83.2 Å². The zero-order valence-electron chi connectivity index (χ0n) is 8.36. The number of nitrogens with two attached hydrogens (primary N) is 1. The first-order valence-corrected chi connectivity index (χ1v) is 4.86. The molecule has 1 aromatic rings. The van der Waals surface area contributed by atoms with E-state index in [0.717, 1.165) is 18.7 Å². The number of rotatable bonds is 4. The van der Waals surface area contributed by atoms with E-state index in [4.69, 9.17) is 10.3 Å². The van der Waals surface area contributed by atoms with Crippen LogP contribution in [0.25, 0.3) is 0 Å². The van der Waals surface area contributed by atoms with Gasteiger partial charge in [0.25, 0.3) is 0 Å². The molecule has 1 aliphatic rings. The topological polar surface area (TPSA) is 64.9 Å². The molecule has 1 aromatic heterocycles. The van der Waals surface area contributed by atoms with Gasteiger partial charge in [-0.1, -0.05) is 18.2 Å². The van der Waals surface area contributed by atoms with Crippen LogP contribution in [-0.4, -0.2) is 10.1 Å². The van der Waals surface area contributed by atoms with Crippen molar-refractivity contribution >= 4 is 0 Å². The zero-order valence-corrected chi connectivity index (χ0v) is 8.36. The van der Waals surface area contributed by atoms with Crippen molar-refractivity contribution < 1.29 is 4.52 Å². The van der Waals surface area contributed by atoms with Gasteiger partial charge in [-0.05, 0) is 19.3 Å². The van der Waals surface area contributed by atoms with Gasteiger partial charge < -0.3 is 10.3 Å². The minimum absolute atomic E-state index is 0.148. The minimum atomic E-state index is -0.212. The molecule has 1 heterocycles. The van der Waals surface area contributed by atoms with E-state index >= 15 is 0 Å². The van der Waals surface area contributed by atoms with E-state index in [2.05, 4.69) is 23.6 Å². The monoisotopic (exact) mass is 193 g/mol. The molecule has 1 fully saturated rings. The van der Waals surface area contributed by atoms with Gasteiger partial charge in [0.1, 0.15) is 0 Å². The lowest BCUT2D eigenvalue weighted by Crippen LogP contribution is -2.10. The molecule has 1 unspecified atom stereocenters. The van der Waals surface area contributed by atoms with Crippen LogP contribution in [0, 0.1) is 0 Å². The molecule has 1 saturated carbocycles. The Morgan fingerprint density at radius 3 is 3.00 bits per heavy atom. The molecule has 0 amide bonds. The quantitative estimate of drug-likeness (QED) is 0.739. The fourth-order valence-corrected chi connectivity index (χ4v) is 1.32. The van der Waals surface area contributed by atoms with Gasteiger partial charge in [-0.2, -0.15) is 4.98 Å². The summed E-state index contributed by atoms with van der Waals surface area (Å²) in [6.45, 7) is 5.76. The predicted octanol–water partition coefficient (Wildman–Crippen LogP) is 1.70. The second-order valence-corrected chi connectivity index (χ2v) is 4.15. The van der Waals surface area contributed by atoms with E-state index in [-0.39, 0.29) is 11.5 Å². The number of hydrogen-bond acceptors (Lipinski definition) is 4. The molecule has 0 aliphatic heterocycles. The maximum Gasteiger partial charge on any atom is 0.243 e. The number of aromatic nitrogens is 2. The Morgan fingerprint density at radius 1 is 1.71 bits per heavy atom. The normalized spacial score (nSPS) is 20.4. The summed E-state index contributed by atoms with van der Waals surface area (Å²) in [5.41, 5.74) is 5.96. The summed E-state index contributed by atoms with van der Waals surface area (Å²) in [6.07, 6.45) is 4.71. The van der Waals surface area contributed by atoms with E-state index < -0.39 is 0 Å². The first-order valence-electron chi connectivity index (χ1n) is 4.86. The van der Waals surface area contributed by atoms with Crippen molar-refractivity contribution in [1.29, 1.82) is 0 Å². The van der Waals surface area contributed by atoms with Crippen LogP contribution in [0.2, 0.25) is 0 Å². The SMILES string of the molecule is C=CCC(N)c1nc(C2(C)CC2)no1. The second kappa shape index (κ2) is 3.20. The van der Waals surface area contributed by atoms with Gasteiger partial charge in [0.2, 0.25) is 5.89 Å². The van der Waals surface area contributed by atoms with Crippen molar-refractivity contribution in [2.24, 2.45) is 5.73 Å². The largest absolute Gasteiger partial charge is 0.338 e. The van der Waals surface area contributed by atoms with Crippen molar-refractivity contribution in [1.82, 2.24) is 10.1 Å². The van der Waals surface area contributed by atoms with Crippen molar-refractivity contribution in [3.05, 3.63) is 24.4 Å². The molecule has 1 atom stereocenters. The molecule has 1 aliphatic carbocycles. The van der Waals surface area contributed by atoms with E-state index in [1.807, 2.05) is 0 Å². The Kier molecular flexibility index (Phi) is 2.15. The van der Waals surface area contributed by atoms with E-state index in [9.17, 15) is 0 Å². The van der Waals surface area contributed by atoms with Crippen LogP contribution in [0.5, 0.6) is 0 Å². The second-order valence-electron chi connectivity index (χ2n) is 4.15. The highest BCUT2D eigenvalue weighted by molar-refractivity contribution is 5.14. The number of nitrogens with zero attached hydrogens (tertiary/aromatic N) is 2. The summed E-state index contributed by atoms with van der Waals surface area (Å²) in [5, 5.41) is 3.95. The van der Waals surface area contributed by atoms with Crippen LogP contribution in [0.15, 0.2) is 17.2 Å². The minimum Gasteiger partial charge on any atom is -0.338 e. The predicted molar refractivity (Wildman–Crippen MR) is 52.6 cm³/mol. The van der Waals surface area contributed by atoms with Crippen LogP contribution < -0.4 is 5.73 Å². The smallest absolute Gasteiger partial charge is 0.243 e. The van der Waals surface area contributed by atoms with Crippen LogP contribution >= 0.6 is 0 Å². The Morgan fingerprint density at radius 2 is 2.43 bits per heavy atom. The molecule has 2 N–H and O–H groups in total. The molecule has 2 rings (SSSR count). The highest BCUT2D eigenvalue weighted by atomic mass is 16.5. The van der Waals surface area contributed by atoms with Crippen LogP contribution in [0.1, 0.15) is 43.9 Å². The molecule has 14 heavy (non-hydrogen) atoms. The van der Waals surface area contributed by atoms with Gasteiger partial charge >= 0.3 is 0 Å². The molecule has 76 valence electrons. The van der Waals surface area contributed by atoms with Crippen LogP contribution in [0.3, 0.4) is 0 Å². The summed E-state index contributed by atoms with van der Waals surface area (Å²) >= 11 is 0. The third-order valence-corrected chi connectivity index (χ3v) is 2.72.